The van der Waals surface area contributed by atoms with Crippen molar-refractivity contribution in [3.63, 3.8) is 0 Å². The van der Waals surface area contributed by atoms with Crippen molar-refractivity contribution < 1.29 is 48.0 Å². The molecule has 0 aliphatic carbocycles. The first-order chi connectivity index (χ1) is 2.81. The van der Waals surface area contributed by atoms with Crippen LogP contribution in [0, 0.1) is 0 Å². The van der Waals surface area contributed by atoms with Gasteiger partial charge in [-0.15, -0.1) is 0 Å². The largest absolute Gasteiger partial charge is 0.394 e. The number of hydrogen-bond acceptors (Lipinski definition) is 3. The normalized spacial score (nSPS) is 8.57. The zero-order valence-corrected chi connectivity index (χ0v) is 6.75. The van der Waals surface area contributed by atoms with E-state index in [9.17, 15) is 0 Å². The quantitative estimate of drug-likeness (QED) is 0.477. The van der Waals surface area contributed by atoms with Crippen molar-refractivity contribution in [1.29, 1.82) is 0 Å². The number of aliphatic hydroxyl groups is 3. The Morgan fingerprint density at radius 2 is 1.43 bits per heavy atom. The second kappa shape index (κ2) is 6.98. The van der Waals surface area contributed by atoms with E-state index in [1.165, 1.54) is 0 Å². The van der Waals surface area contributed by atoms with Crippen LogP contribution in [-0.4, -0.2) is 34.6 Å². The van der Waals surface area contributed by atoms with Crippen LogP contribution < -0.4 is 0 Å². The second-order valence-electron chi connectivity index (χ2n) is 1.02. The smallest absolute Gasteiger partial charge is 0.100 e. The minimum Gasteiger partial charge on any atom is -0.394 e. The molecule has 0 aromatic rings. The number of aliphatic hydroxyl groups excluding tert-OH is 3. The molecule has 0 aromatic heterocycles. The Balaban J connectivity index is 0. The maximum atomic E-state index is 8.17. The van der Waals surface area contributed by atoms with Gasteiger partial charge in [-0.1, -0.05) is 0 Å². The summed E-state index contributed by atoms with van der Waals surface area (Å²) in [6, 6.07) is 0. The fourth-order valence-electron chi connectivity index (χ4n) is 0.0577. The summed E-state index contributed by atoms with van der Waals surface area (Å²) >= 11 is 0. The third kappa shape index (κ3) is 6.98. The van der Waals surface area contributed by atoms with Gasteiger partial charge in [-0.3, -0.25) is 0 Å². The molecule has 0 bridgehead atoms. The number of rotatable bonds is 2. The van der Waals surface area contributed by atoms with E-state index >= 15 is 0 Å². The molecular weight excluding hydrogens is 173 g/mol. The standard InChI is InChI=1S/C3H8O3.Y/c4-1-3(6)2-5;/h3-6H,1-2H2;. The van der Waals surface area contributed by atoms with Crippen LogP contribution in [0.2, 0.25) is 0 Å². The minimum atomic E-state index is -0.954. The van der Waals surface area contributed by atoms with Gasteiger partial charge in [0.05, 0.1) is 13.2 Å². The van der Waals surface area contributed by atoms with Gasteiger partial charge < -0.3 is 15.3 Å². The van der Waals surface area contributed by atoms with Gasteiger partial charge in [-0.05, 0) is 0 Å². The Morgan fingerprint density at radius 3 is 1.43 bits per heavy atom. The molecule has 4 heteroatoms. The maximum absolute atomic E-state index is 8.17. The van der Waals surface area contributed by atoms with Gasteiger partial charge in [0, 0.05) is 32.7 Å². The van der Waals surface area contributed by atoms with E-state index in [1.807, 2.05) is 0 Å². The molecule has 0 atom stereocenters. The maximum Gasteiger partial charge on any atom is 0.100 e. The van der Waals surface area contributed by atoms with E-state index in [0.29, 0.717) is 0 Å². The van der Waals surface area contributed by atoms with E-state index < -0.39 is 6.10 Å². The van der Waals surface area contributed by atoms with Gasteiger partial charge >= 0.3 is 0 Å². The summed E-state index contributed by atoms with van der Waals surface area (Å²) in [6.45, 7) is -0.729. The van der Waals surface area contributed by atoms with Crippen LogP contribution in [0.15, 0.2) is 0 Å². The van der Waals surface area contributed by atoms with Gasteiger partial charge in [0.2, 0.25) is 0 Å². The molecular formula is C3H8O3Y. The Hall–Kier alpha value is 0.984. The van der Waals surface area contributed by atoms with E-state index in [2.05, 4.69) is 0 Å². The minimum absolute atomic E-state index is 0. The molecule has 0 fully saturated rings. The summed E-state index contributed by atoms with van der Waals surface area (Å²) in [7, 11) is 0. The van der Waals surface area contributed by atoms with E-state index in [1.54, 1.807) is 0 Å². The van der Waals surface area contributed by atoms with Crippen molar-refractivity contribution in [2.45, 2.75) is 6.10 Å². The van der Waals surface area contributed by atoms with Crippen molar-refractivity contribution in [2.24, 2.45) is 0 Å². The molecule has 7 heavy (non-hydrogen) atoms. The van der Waals surface area contributed by atoms with Gasteiger partial charge in [-0.2, -0.15) is 0 Å². The van der Waals surface area contributed by atoms with Crippen LogP contribution >= 0.6 is 0 Å². The van der Waals surface area contributed by atoms with E-state index in [-0.39, 0.29) is 45.9 Å². The molecule has 0 aliphatic rings. The Bertz CT molecular complexity index is 29.4. The van der Waals surface area contributed by atoms with Crippen molar-refractivity contribution in [1.82, 2.24) is 0 Å². The summed E-state index contributed by atoms with van der Waals surface area (Å²) < 4.78 is 0. The molecule has 0 rings (SSSR count). The predicted molar refractivity (Wildman–Crippen MR) is 20.2 cm³/mol. The van der Waals surface area contributed by atoms with Crippen molar-refractivity contribution >= 4 is 0 Å². The molecule has 1 radical (unpaired) electrons. The summed E-state index contributed by atoms with van der Waals surface area (Å²) in [5.74, 6) is 0. The van der Waals surface area contributed by atoms with Crippen LogP contribution in [0.25, 0.3) is 0 Å². The van der Waals surface area contributed by atoms with Gasteiger partial charge in [0.1, 0.15) is 6.10 Å². The predicted octanol–water partition coefficient (Wildman–Crippen LogP) is -1.67. The number of hydrogen-bond donors (Lipinski definition) is 3. The molecule has 0 aliphatic heterocycles. The monoisotopic (exact) mass is 181 g/mol. The SMILES string of the molecule is OCC(O)CO.[Y]. The average Bonchev–Trinajstić information content (AvgIpc) is 1.65. The van der Waals surface area contributed by atoms with Crippen LogP contribution in [-0.2, 0) is 32.7 Å². The zero-order chi connectivity index (χ0) is 4.99. The first-order valence-corrected chi connectivity index (χ1v) is 1.71. The third-order valence-corrected chi connectivity index (χ3v) is 0.421. The zero-order valence-electron chi connectivity index (χ0n) is 3.91. The molecule has 3 N–H and O–H groups in total. The molecule has 0 saturated heterocycles. The van der Waals surface area contributed by atoms with Crippen LogP contribution in [0.4, 0.5) is 0 Å². The van der Waals surface area contributed by atoms with Crippen LogP contribution in [0.5, 0.6) is 0 Å². The summed E-state index contributed by atoms with van der Waals surface area (Å²) in [5.41, 5.74) is 0. The first-order valence-electron chi connectivity index (χ1n) is 1.71. The summed E-state index contributed by atoms with van der Waals surface area (Å²) in [4.78, 5) is 0. The van der Waals surface area contributed by atoms with Gasteiger partial charge in [0.15, 0.2) is 0 Å². The summed E-state index contributed by atoms with van der Waals surface area (Å²) in [6.07, 6.45) is -0.954. The summed E-state index contributed by atoms with van der Waals surface area (Å²) in [5, 5.41) is 24.0. The molecule has 3 nitrogen and oxygen atoms in total. The molecule has 0 spiro atoms. The third-order valence-electron chi connectivity index (χ3n) is 0.421. The molecule has 41 valence electrons. The average molecular weight is 181 g/mol. The van der Waals surface area contributed by atoms with Crippen LogP contribution in [0.3, 0.4) is 0 Å². The fourth-order valence-corrected chi connectivity index (χ4v) is 0.0577. The van der Waals surface area contributed by atoms with E-state index in [0.717, 1.165) is 0 Å². The molecule has 0 heterocycles. The van der Waals surface area contributed by atoms with Crippen molar-refractivity contribution in [3.8, 4) is 0 Å². The van der Waals surface area contributed by atoms with Gasteiger partial charge in [0.25, 0.3) is 0 Å². The van der Waals surface area contributed by atoms with Gasteiger partial charge in [-0.25, -0.2) is 0 Å². The topological polar surface area (TPSA) is 60.7 Å². The first kappa shape index (κ1) is 10.9. The molecule has 0 saturated carbocycles. The van der Waals surface area contributed by atoms with Crippen LogP contribution in [0.1, 0.15) is 0 Å². The molecule has 0 aromatic carbocycles. The van der Waals surface area contributed by atoms with Crippen molar-refractivity contribution in [2.75, 3.05) is 13.2 Å². The Morgan fingerprint density at radius 1 is 1.14 bits per heavy atom. The fraction of sp³-hybridized carbons (Fsp3) is 1.00. The molecule has 0 unspecified atom stereocenters. The Kier molecular flexibility index (Phi) is 10.9. The van der Waals surface area contributed by atoms with E-state index in [4.69, 9.17) is 15.3 Å². The second-order valence-corrected chi connectivity index (χ2v) is 1.02. The van der Waals surface area contributed by atoms with Crippen molar-refractivity contribution in [3.05, 3.63) is 0 Å². The molecule has 0 amide bonds. The Labute approximate surface area is 67.2 Å².